The molecule has 0 aliphatic heterocycles. The second-order valence-electron chi connectivity index (χ2n) is 4.61. The van der Waals surface area contributed by atoms with Crippen LogP contribution in [0.5, 0.6) is 0 Å². The highest BCUT2D eigenvalue weighted by molar-refractivity contribution is 5.03. The molecule has 0 unspecified atom stereocenters. The van der Waals surface area contributed by atoms with Crippen molar-refractivity contribution in [3.05, 3.63) is 44.5 Å². The van der Waals surface area contributed by atoms with Gasteiger partial charge >= 0.3 is 5.69 Å². The fraction of sp³-hybridized carbons (Fsp3) is 0.500. The monoisotopic (exact) mass is 279 g/mol. The van der Waals surface area contributed by atoms with Crippen LogP contribution in [0, 0.1) is 0 Å². The summed E-state index contributed by atoms with van der Waals surface area (Å²) in [5, 5.41) is 16.7. The van der Waals surface area contributed by atoms with E-state index in [-0.39, 0.29) is 17.9 Å². The van der Waals surface area contributed by atoms with Gasteiger partial charge in [0.05, 0.1) is 12.2 Å². The first-order valence-electron chi connectivity index (χ1n) is 6.28. The summed E-state index contributed by atoms with van der Waals surface area (Å²) in [5.41, 5.74) is 0.626. The third-order valence-corrected chi connectivity index (χ3v) is 3.13. The molecule has 0 aromatic carbocycles. The van der Waals surface area contributed by atoms with Crippen LogP contribution >= 0.6 is 0 Å². The highest BCUT2D eigenvalue weighted by Gasteiger charge is 2.08. The quantitative estimate of drug-likeness (QED) is 0.730. The summed E-state index contributed by atoms with van der Waals surface area (Å²) in [7, 11) is 3.05. The fourth-order valence-electron chi connectivity index (χ4n) is 1.89. The lowest BCUT2D eigenvalue weighted by Crippen LogP contribution is -2.38. The van der Waals surface area contributed by atoms with Gasteiger partial charge in [0.25, 0.3) is 5.56 Å². The van der Waals surface area contributed by atoms with Gasteiger partial charge in [0.15, 0.2) is 0 Å². The van der Waals surface area contributed by atoms with Crippen molar-refractivity contribution >= 4 is 0 Å². The van der Waals surface area contributed by atoms with Crippen LogP contribution in [0.25, 0.3) is 0 Å². The van der Waals surface area contributed by atoms with Gasteiger partial charge in [-0.15, -0.1) is 5.10 Å². The standard InChI is InChI=1S/C12H17N5O3/c1-15-10(6-11(19)16(2)12(15)20)8-17-7-9(13-14-17)4-3-5-18/h6-7,18H,3-5,8H2,1-2H3. The minimum Gasteiger partial charge on any atom is -0.396 e. The van der Waals surface area contributed by atoms with Gasteiger partial charge in [-0.2, -0.15) is 0 Å². The Balaban J connectivity index is 2.24. The van der Waals surface area contributed by atoms with E-state index < -0.39 is 0 Å². The molecule has 0 aliphatic rings. The van der Waals surface area contributed by atoms with Gasteiger partial charge in [0.2, 0.25) is 0 Å². The van der Waals surface area contributed by atoms with Crippen molar-refractivity contribution < 1.29 is 5.11 Å². The van der Waals surface area contributed by atoms with Crippen molar-refractivity contribution in [3.8, 4) is 0 Å². The predicted octanol–water partition coefficient (Wildman–Crippen LogP) is -1.35. The summed E-state index contributed by atoms with van der Waals surface area (Å²) in [6, 6.07) is 1.41. The maximum atomic E-state index is 11.8. The summed E-state index contributed by atoms with van der Waals surface area (Å²) in [6.45, 7) is 0.407. The number of aryl methyl sites for hydroxylation is 1. The normalized spacial score (nSPS) is 10.9. The molecule has 0 bridgehead atoms. The maximum Gasteiger partial charge on any atom is 0.330 e. The minimum absolute atomic E-state index is 0.107. The SMILES string of the molecule is Cn1c(Cn2cc(CCCO)nn2)cc(=O)n(C)c1=O. The van der Waals surface area contributed by atoms with Crippen molar-refractivity contribution in [2.45, 2.75) is 19.4 Å². The first kappa shape index (κ1) is 14.2. The van der Waals surface area contributed by atoms with Gasteiger partial charge in [-0.1, -0.05) is 5.21 Å². The smallest absolute Gasteiger partial charge is 0.330 e. The molecule has 0 amide bonds. The molecule has 0 aliphatic carbocycles. The van der Waals surface area contributed by atoms with Crippen LogP contribution in [0.15, 0.2) is 21.9 Å². The average Bonchev–Trinajstić information content (AvgIpc) is 2.87. The number of rotatable bonds is 5. The zero-order valence-corrected chi connectivity index (χ0v) is 11.5. The van der Waals surface area contributed by atoms with Gasteiger partial charge in [-0.25, -0.2) is 9.48 Å². The average molecular weight is 279 g/mol. The second-order valence-corrected chi connectivity index (χ2v) is 4.61. The van der Waals surface area contributed by atoms with Crippen molar-refractivity contribution in [1.29, 1.82) is 0 Å². The lowest BCUT2D eigenvalue weighted by molar-refractivity contribution is 0.288. The lowest BCUT2D eigenvalue weighted by Gasteiger charge is -2.08. The molecule has 0 atom stereocenters. The number of aliphatic hydroxyl groups excluding tert-OH is 1. The van der Waals surface area contributed by atoms with Gasteiger partial charge in [-0.05, 0) is 12.8 Å². The highest BCUT2D eigenvalue weighted by atomic mass is 16.3. The molecule has 108 valence electrons. The molecule has 2 aromatic heterocycles. The zero-order chi connectivity index (χ0) is 14.7. The molecule has 2 heterocycles. The van der Waals surface area contributed by atoms with E-state index in [9.17, 15) is 9.59 Å². The minimum atomic E-state index is -0.367. The Morgan fingerprint density at radius 2 is 2.00 bits per heavy atom. The number of aliphatic hydroxyl groups is 1. The van der Waals surface area contributed by atoms with E-state index in [4.69, 9.17) is 5.11 Å². The molecule has 2 aromatic rings. The molecule has 0 fully saturated rings. The maximum absolute atomic E-state index is 11.8. The Kier molecular flexibility index (Phi) is 4.14. The first-order valence-corrected chi connectivity index (χ1v) is 6.28. The molecule has 8 heteroatoms. The van der Waals surface area contributed by atoms with Crippen LogP contribution in [-0.2, 0) is 27.1 Å². The largest absolute Gasteiger partial charge is 0.396 e. The van der Waals surface area contributed by atoms with E-state index in [0.29, 0.717) is 25.1 Å². The number of aromatic nitrogens is 5. The second kappa shape index (κ2) is 5.83. The Morgan fingerprint density at radius 1 is 1.25 bits per heavy atom. The van der Waals surface area contributed by atoms with E-state index in [2.05, 4.69) is 10.3 Å². The Hall–Kier alpha value is -2.22. The number of hydrogen-bond donors (Lipinski definition) is 1. The number of hydrogen-bond acceptors (Lipinski definition) is 5. The molecule has 0 saturated carbocycles. The van der Waals surface area contributed by atoms with Crippen molar-refractivity contribution in [2.75, 3.05) is 6.61 Å². The molecule has 0 saturated heterocycles. The molecule has 0 radical (unpaired) electrons. The summed E-state index contributed by atoms with van der Waals surface area (Å²) in [6.07, 6.45) is 3.02. The fourth-order valence-corrected chi connectivity index (χ4v) is 1.89. The summed E-state index contributed by atoms with van der Waals surface area (Å²) in [5.74, 6) is 0. The van der Waals surface area contributed by atoms with E-state index in [1.165, 1.54) is 17.7 Å². The third-order valence-electron chi connectivity index (χ3n) is 3.13. The van der Waals surface area contributed by atoms with Gasteiger partial charge in [-0.3, -0.25) is 13.9 Å². The van der Waals surface area contributed by atoms with Crippen molar-refractivity contribution in [2.24, 2.45) is 14.1 Å². The predicted molar refractivity (Wildman–Crippen MR) is 71.5 cm³/mol. The van der Waals surface area contributed by atoms with Crippen LogP contribution in [0.3, 0.4) is 0 Å². The molecule has 2 rings (SSSR count). The van der Waals surface area contributed by atoms with Crippen LogP contribution in [0.1, 0.15) is 17.8 Å². The van der Waals surface area contributed by atoms with Gasteiger partial charge < -0.3 is 5.11 Å². The topological polar surface area (TPSA) is 94.9 Å². The Labute approximate surface area is 114 Å². The van der Waals surface area contributed by atoms with Gasteiger partial charge in [0.1, 0.15) is 0 Å². The van der Waals surface area contributed by atoms with Crippen molar-refractivity contribution in [1.82, 2.24) is 24.1 Å². The summed E-state index contributed by atoms with van der Waals surface area (Å²) in [4.78, 5) is 23.4. The molecule has 8 nitrogen and oxygen atoms in total. The highest BCUT2D eigenvalue weighted by Crippen LogP contribution is 2.00. The summed E-state index contributed by atoms with van der Waals surface area (Å²) < 4.78 is 4.04. The zero-order valence-electron chi connectivity index (χ0n) is 11.5. The Morgan fingerprint density at radius 3 is 2.70 bits per heavy atom. The van der Waals surface area contributed by atoms with E-state index in [1.54, 1.807) is 17.9 Å². The molecule has 0 spiro atoms. The van der Waals surface area contributed by atoms with E-state index in [0.717, 1.165) is 10.3 Å². The molecular weight excluding hydrogens is 262 g/mol. The number of nitrogens with zero attached hydrogens (tertiary/aromatic N) is 5. The third kappa shape index (κ3) is 2.85. The lowest BCUT2D eigenvalue weighted by atomic mass is 10.2. The molecular formula is C12H17N5O3. The molecule has 1 N–H and O–H groups in total. The van der Waals surface area contributed by atoms with Crippen LogP contribution in [0.2, 0.25) is 0 Å². The Bertz CT molecular complexity index is 713. The van der Waals surface area contributed by atoms with Crippen LogP contribution < -0.4 is 11.2 Å². The van der Waals surface area contributed by atoms with Crippen LogP contribution in [-0.4, -0.2) is 35.8 Å². The summed E-state index contributed by atoms with van der Waals surface area (Å²) >= 11 is 0. The van der Waals surface area contributed by atoms with Crippen molar-refractivity contribution in [3.63, 3.8) is 0 Å². The van der Waals surface area contributed by atoms with Crippen LogP contribution in [0.4, 0.5) is 0 Å². The molecule has 20 heavy (non-hydrogen) atoms. The first-order chi connectivity index (χ1) is 9.52. The van der Waals surface area contributed by atoms with Gasteiger partial charge in [0, 0.05) is 38.7 Å². The van der Waals surface area contributed by atoms with E-state index in [1.807, 2.05) is 0 Å². The van der Waals surface area contributed by atoms with E-state index >= 15 is 0 Å².